The molecule has 0 aromatic heterocycles. The number of amides is 2. The summed E-state index contributed by atoms with van der Waals surface area (Å²) in [7, 11) is 2.05. The Morgan fingerprint density at radius 3 is 2.38 bits per heavy atom. The summed E-state index contributed by atoms with van der Waals surface area (Å²) in [6, 6.07) is 0. The van der Waals surface area contributed by atoms with Crippen LogP contribution >= 0.6 is 0 Å². The third kappa shape index (κ3) is 4.90. The maximum atomic E-state index is 12.4. The molecule has 2 rings (SSSR count). The van der Waals surface area contributed by atoms with Crippen molar-refractivity contribution in [3.8, 4) is 0 Å². The predicted molar refractivity (Wildman–Crippen MR) is 92.0 cm³/mol. The van der Waals surface area contributed by atoms with E-state index in [1.807, 2.05) is 11.9 Å². The number of unbranched alkanes of at least 4 members (excludes halogenated alkanes) is 4. The highest BCUT2D eigenvalue weighted by atomic mass is 16.2. The van der Waals surface area contributed by atoms with E-state index in [4.69, 9.17) is 0 Å². The largest absolute Gasteiger partial charge is 0.365 e. The van der Waals surface area contributed by atoms with Gasteiger partial charge in [0.15, 0.2) is 5.78 Å². The molecule has 1 fully saturated rings. The molecule has 0 spiro atoms. The van der Waals surface area contributed by atoms with Crippen molar-refractivity contribution in [3.63, 3.8) is 0 Å². The summed E-state index contributed by atoms with van der Waals surface area (Å²) >= 11 is 0. The van der Waals surface area contributed by atoms with Gasteiger partial charge in [0.2, 0.25) is 11.8 Å². The Morgan fingerprint density at radius 2 is 1.71 bits per heavy atom. The fourth-order valence-corrected chi connectivity index (χ4v) is 3.10. The monoisotopic (exact) mass is 335 g/mol. The number of hydrogen-bond donors (Lipinski definition) is 0. The molecular weight excluding hydrogens is 306 g/mol. The quantitative estimate of drug-likeness (QED) is 0.524. The maximum Gasteiger partial charge on any atom is 0.241 e. The predicted octanol–water partition coefficient (Wildman–Crippen LogP) is 1.76. The van der Waals surface area contributed by atoms with Crippen LogP contribution < -0.4 is 0 Å². The van der Waals surface area contributed by atoms with Crippen molar-refractivity contribution in [2.45, 2.75) is 51.9 Å². The summed E-state index contributed by atoms with van der Waals surface area (Å²) in [6.45, 7) is 5.41. The number of Topliss-reactive ketones (excluding diaryl/α,β-unsaturated/α-hetero) is 1. The fourth-order valence-electron chi connectivity index (χ4n) is 3.10. The van der Waals surface area contributed by atoms with Crippen LogP contribution in [0.4, 0.5) is 0 Å². The summed E-state index contributed by atoms with van der Waals surface area (Å²) < 4.78 is 0. The van der Waals surface area contributed by atoms with Crippen LogP contribution in [0, 0.1) is 0 Å². The smallest absolute Gasteiger partial charge is 0.241 e. The van der Waals surface area contributed by atoms with Crippen LogP contribution in [0.25, 0.3) is 0 Å². The van der Waals surface area contributed by atoms with Gasteiger partial charge in [-0.1, -0.05) is 32.6 Å². The van der Waals surface area contributed by atoms with Gasteiger partial charge in [0.25, 0.3) is 0 Å². The van der Waals surface area contributed by atoms with E-state index in [1.165, 1.54) is 17.5 Å². The molecular formula is C18H29N3O3. The molecule has 0 atom stereocenters. The van der Waals surface area contributed by atoms with E-state index in [-0.39, 0.29) is 18.1 Å². The molecule has 2 amide bonds. The summed E-state index contributed by atoms with van der Waals surface area (Å²) in [5.41, 5.74) is 0.516. The van der Waals surface area contributed by atoms with Gasteiger partial charge in [-0.25, -0.2) is 0 Å². The van der Waals surface area contributed by atoms with Crippen molar-refractivity contribution in [2.24, 2.45) is 0 Å². The van der Waals surface area contributed by atoms with Crippen molar-refractivity contribution in [1.29, 1.82) is 0 Å². The number of rotatable bonds is 7. The Hall–Kier alpha value is -1.69. The highest BCUT2D eigenvalue weighted by Gasteiger charge is 2.32. The molecule has 2 aliphatic rings. The number of allylic oxidation sites excluding steroid dienone is 1. The lowest BCUT2D eigenvalue weighted by molar-refractivity contribution is -0.143. The SMILES string of the molecule is CCCCCCCC(=O)N1C=C(N2CCN(C)CC2)C(=O)CC1=O. The molecule has 0 radical (unpaired) electrons. The first kappa shape index (κ1) is 18.6. The lowest BCUT2D eigenvalue weighted by atomic mass is 10.1. The lowest BCUT2D eigenvalue weighted by Crippen LogP contribution is -2.48. The van der Waals surface area contributed by atoms with Gasteiger partial charge in [0.1, 0.15) is 0 Å². The highest BCUT2D eigenvalue weighted by Crippen LogP contribution is 2.19. The van der Waals surface area contributed by atoms with E-state index in [1.54, 1.807) is 0 Å². The van der Waals surface area contributed by atoms with Crippen molar-refractivity contribution >= 4 is 17.6 Å². The van der Waals surface area contributed by atoms with Crippen molar-refractivity contribution in [1.82, 2.24) is 14.7 Å². The molecule has 134 valence electrons. The number of hydrogen-bond acceptors (Lipinski definition) is 5. The van der Waals surface area contributed by atoms with E-state index in [2.05, 4.69) is 11.8 Å². The Morgan fingerprint density at radius 1 is 1.04 bits per heavy atom. The number of imide groups is 1. The van der Waals surface area contributed by atoms with E-state index >= 15 is 0 Å². The molecule has 6 nitrogen and oxygen atoms in total. The molecule has 1 saturated heterocycles. The zero-order valence-corrected chi connectivity index (χ0v) is 14.9. The molecule has 0 unspecified atom stereocenters. The first-order valence-corrected chi connectivity index (χ1v) is 9.06. The summed E-state index contributed by atoms with van der Waals surface area (Å²) in [5, 5.41) is 0. The Kier molecular flexibility index (Phi) is 6.97. The highest BCUT2D eigenvalue weighted by molar-refractivity contribution is 6.13. The van der Waals surface area contributed by atoms with Gasteiger partial charge < -0.3 is 9.80 Å². The minimum absolute atomic E-state index is 0.170. The van der Waals surface area contributed by atoms with Gasteiger partial charge in [0.05, 0.1) is 12.1 Å². The zero-order chi connectivity index (χ0) is 17.5. The van der Waals surface area contributed by atoms with Crippen LogP contribution in [0.1, 0.15) is 51.9 Å². The Balaban J connectivity index is 1.96. The molecule has 0 saturated carbocycles. The second-order valence-corrected chi connectivity index (χ2v) is 6.73. The van der Waals surface area contributed by atoms with E-state index in [0.717, 1.165) is 51.9 Å². The van der Waals surface area contributed by atoms with Crippen LogP contribution in [-0.4, -0.2) is 65.5 Å². The number of ketones is 1. The molecule has 24 heavy (non-hydrogen) atoms. The molecule has 6 heteroatoms. The van der Waals surface area contributed by atoms with Crippen molar-refractivity contribution in [3.05, 3.63) is 11.9 Å². The number of likely N-dealkylation sites (N-methyl/N-ethyl adjacent to an activating group) is 1. The van der Waals surface area contributed by atoms with Crippen LogP contribution in [0.5, 0.6) is 0 Å². The standard InChI is InChI=1S/C18H29N3O3/c1-3-4-5-6-7-8-17(23)21-14-15(16(22)13-18(21)24)20-11-9-19(2)10-12-20/h14H,3-13H2,1-2H3. The number of carbonyl (C=O) groups is 3. The first-order chi connectivity index (χ1) is 11.5. The van der Waals surface area contributed by atoms with E-state index in [9.17, 15) is 14.4 Å². The number of carbonyl (C=O) groups excluding carboxylic acids is 3. The normalized spacial score (nSPS) is 19.7. The minimum Gasteiger partial charge on any atom is -0.365 e. The molecule has 0 aromatic rings. The number of piperazine rings is 1. The van der Waals surface area contributed by atoms with Gasteiger partial charge in [-0.3, -0.25) is 19.3 Å². The molecule has 0 N–H and O–H groups in total. The second-order valence-electron chi connectivity index (χ2n) is 6.73. The van der Waals surface area contributed by atoms with Crippen LogP contribution in [0.15, 0.2) is 11.9 Å². The molecule has 0 aromatic carbocycles. The van der Waals surface area contributed by atoms with Gasteiger partial charge in [-0.05, 0) is 13.5 Å². The van der Waals surface area contributed by atoms with Crippen LogP contribution in [-0.2, 0) is 14.4 Å². The molecule has 0 aliphatic carbocycles. The molecule has 2 heterocycles. The maximum absolute atomic E-state index is 12.4. The Labute approximate surface area is 144 Å². The average Bonchev–Trinajstić information content (AvgIpc) is 2.55. The summed E-state index contributed by atoms with van der Waals surface area (Å²) in [4.78, 5) is 42.0. The van der Waals surface area contributed by atoms with E-state index < -0.39 is 5.91 Å². The second kappa shape index (κ2) is 8.97. The van der Waals surface area contributed by atoms with Gasteiger partial charge in [-0.15, -0.1) is 0 Å². The lowest BCUT2D eigenvalue weighted by Gasteiger charge is -2.36. The van der Waals surface area contributed by atoms with E-state index in [0.29, 0.717) is 12.1 Å². The first-order valence-electron chi connectivity index (χ1n) is 9.06. The zero-order valence-electron chi connectivity index (χ0n) is 14.9. The number of nitrogens with zero attached hydrogens (tertiary/aromatic N) is 3. The molecule has 2 aliphatic heterocycles. The third-order valence-corrected chi connectivity index (χ3v) is 4.72. The topological polar surface area (TPSA) is 60.9 Å². The summed E-state index contributed by atoms with van der Waals surface area (Å²) in [5.74, 6) is -0.747. The fraction of sp³-hybridized carbons (Fsp3) is 0.722. The van der Waals surface area contributed by atoms with Crippen molar-refractivity contribution in [2.75, 3.05) is 33.2 Å². The van der Waals surface area contributed by atoms with Crippen molar-refractivity contribution < 1.29 is 14.4 Å². The van der Waals surface area contributed by atoms with Gasteiger partial charge in [0, 0.05) is 38.8 Å². The summed E-state index contributed by atoms with van der Waals surface area (Å²) in [6.07, 6.45) is 6.93. The molecule has 0 bridgehead atoms. The van der Waals surface area contributed by atoms with Gasteiger partial charge in [-0.2, -0.15) is 0 Å². The third-order valence-electron chi connectivity index (χ3n) is 4.72. The average molecular weight is 335 g/mol. The van der Waals surface area contributed by atoms with Crippen LogP contribution in [0.3, 0.4) is 0 Å². The van der Waals surface area contributed by atoms with Crippen LogP contribution in [0.2, 0.25) is 0 Å². The Bertz CT molecular complexity index is 508. The minimum atomic E-state index is -0.392. The van der Waals surface area contributed by atoms with Gasteiger partial charge >= 0.3 is 0 Å².